The first kappa shape index (κ1) is 14.4. The fourth-order valence-corrected chi connectivity index (χ4v) is 3.43. The van der Waals surface area contributed by atoms with Gasteiger partial charge in [-0.25, -0.2) is 4.79 Å². The molecule has 0 bridgehead atoms. The SMILES string of the molecule is C=C(C)C(=O)OC[SiH](CCC)COCC. The van der Waals surface area contributed by atoms with E-state index in [1.807, 2.05) is 6.92 Å². The van der Waals surface area contributed by atoms with Crippen molar-refractivity contribution in [2.45, 2.75) is 33.2 Å². The third kappa shape index (κ3) is 7.33. The maximum Gasteiger partial charge on any atom is 0.332 e. The van der Waals surface area contributed by atoms with Gasteiger partial charge in [-0.05, 0) is 13.8 Å². The molecule has 0 aromatic heterocycles. The Morgan fingerprint density at radius 3 is 2.47 bits per heavy atom. The van der Waals surface area contributed by atoms with Crippen molar-refractivity contribution in [1.82, 2.24) is 0 Å². The van der Waals surface area contributed by atoms with Gasteiger partial charge in [-0.3, -0.25) is 0 Å². The maximum absolute atomic E-state index is 11.2. The highest BCUT2D eigenvalue weighted by molar-refractivity contribution is 6.58. The minimum atomic E-state index is -1.06. The van der Waals surface area contributed by atoms with Gasteiger partial charge in [-0.1, -0.05) is 26.0 Å². The highest BCUT2D eigenvalue weighted by atomic mass is 28.3. The summed E-state index contributed by atoms with van der Waals surface area (Å²) in [5.41, 5.74) is 0.468. The number of hydrogen-bond acceptors (Lipinski definition) is 3. The van der Waals surface area contributed by atoms with Gasteiger partial charge in [-0.15, -0.1) is 0 Å². The number of hydrogen-bond donors (Lipinski definition) is 0. The molecule has 3 nitrogen and oxygen atoms in total. The van der Waals surface area contributed by atoms with E-state index in [1.165, 1.54) is 0 Å². The molecule has 0 heterocycles. The molecule has 0 radical (unpaired) electrons. The molecule has 1 unspecified atom stereocenters. The van der Waals surface area contributed by atoms with Gasteiger partial charge in [0, 0.05) is 18.4 Å². The summed E-state index contributed by atoms with van der Waals surface area (Å²) < 4.78 is 10.5. The van der Waals surface area contributed by atoms with Crippen molar-refractivity contribution in [3.63, 3.8) is 0 Å². The van der Waals surface area contributed by atoms with Crippen LogP contribution in [0.5, 0.6) is 0 Å². The van der Waals surface area contributed by atoms with Gasteiger partial charge in [0.1, 0.15) is 8.80 Å². The molecule has 1 atom stereocenters. The Labute approximate surface area is 94.1 Å². The van der Waals surface area contributed by atoms with Crippen LogP contribution in [0.2, 0.25) is 6.04 Å². The molecule has 0 spiro atoms. The van der Waals surface area contributed by atoms with Gasteiger partial charge in [-0.2, -0.15) is 0 Å². The normalized spacial score (nSPS) is 12.2. The van der Waals surface area contributed by atoms with Crippen molar-refractivity contribution in [3.05, 3.63) is 12.2 Å². The van der Waals surface area contributed by atoms with Crippen molar-refractivity contribution in [2.75, 3.05) is 19.1 Å². The second-order valence-electron chi connectivity index (χ2n) is 3.69. The summed E-state index contributed by atoms with van der Waals surface area (Å²) in [4.78, 5) is 11.2. The fraction of sp³-hybridized carbons (Fsp3) is 0.727. The Bertz CT molecular complexity index is 204. The molecule has 0 saturated heterocycles. The minimum absolute atomic E-state index is 0.278. The van der Waals surface area contributed by atoms with Crippen LogP contribution in [0.25, 0.3) is 0 Å². The Balaban J connectivity index is 3.83. The molecule has 0 N–H and O–H groups in total. The first-order valence-corrected chi connectivity index (χ1v) is 7.97. The van der Waals surface area contributed by atoms with E-state index in [1.54, 1.807) is 6.92 Å². The molecule has 0 fully saturated rings. The van der Waals surface area contributed by atoms with Gasteiger partial charge in [0.25, 0.3) is 0 Å². The second-order valence-corrected chi connectivity index (χ2v) is 6.67. The van der Waals surface area contributed by atoms with Crippen molar-refractivity contribution in [2.24, 2.45) is 0 Å². The zero-order chi connectivity index (χ0) is 11.7. The highest BCUT2D eigenvalue weighted by Crippen LogP contribution is 2.01. The molecule has 0 rings (SSSR count). The van der Waals surface area contributed by atoms with Crippen molar-refractivity contribution in [1.29, 1.82) is 0 Å². The standard InChI is InChI=1S/C11H22O3Si/c1-5-7-15(8-13-6-2)9-14-11(12)10(3)4/h15H,3,5-9H2,1-2,4H3. The largest absolute Gasteiger partial charge is 0.466 e. The van der Waals surface area contributed by atoms with E-state index in [0.717, 1.165) is 25.3 Å². The fourth-order valence-electron chi connectivity index (χ4n) is 1.22. The van der Waals surface area contributed by atoms with Crippen LogP contribution in [-0.2, 0) is 14.3 Å². The van der Waals surface area contributed by atoms with E-state index >= 15 is 0 Å². The molecular formula is C11H22O3Si. The number of rotatable bonds is 8. The first-order chi connectivity index (χ1) is 7.11. The van der Waals surface area contributed by atoms with Gasteiger partial charge in [0.05, 0.1) is 6.23 Å². The summed E-state index contributed by atoms with van der Waals surface area (Å²) in [5, 5.41) is 0. The summed E-state index contributed by atoms with van der Waals surface area (Å²) in [6.07, 6.45) is 2.50. The van der Waals surface area contributed by atoms with E-state index in [9.17, 15) is 4.79 Å². The number of esters is 1. The van der Waals surface area contributed by atoms with Crippen LogP contribution in [0.15, 0.2) is 12.2 Å². The first-order valence-electron chi connectivity index (χ1n) is 5.52. The molecule has 0 aromatic carbocycles. The molecule has 0 aliphatic heterocycles. The van der Waals surface area contributed by atoms with Crippen molar-refractivity contribution >= 4 is 14.8 Å². The Kier molecular flexibility index (Phi) is 8.32. The van der Waals surface area contributed by atoms with Crippen LogP contribution >= 0.6 is 0 Å². The molecule has 0 aromatic rings. The molecule has 0 aliphatic carbocycles. The zero-order valence-electron chi connectivity index (χ0n) is 10.0. The van der Waals surface area contributed by atoms with E-state index in [2.05, 4.69) is 13.5 Å². The van der Waals surface area contributed by atoms with Crippen molar-refractivity contribution < 1.29 is 14.3 Å². The summed E-state index contributed by atoms with van der Waals surface area (Å²) in [6, 6.07) is 1.16. The van der Waals surface area contributed by atoms with E-state index in [0.29, 0.717) is 11.8 Å². The van der Waals surface area contributed by atoms with E-state index < -0.39 is 8.80 Å². The van der Waals surface area contributed by atoms with Gasteiger partial charge >= 0.3 is 5.97 Å². The van der Waals surface area contributed by atoms with Gasteiger partial charge < -0.3 is 9.47 Å². The molecule has 0 aliphatic rings. The average Bonchev–Trinajstić information content (AvgIpc) is 2.21. The van der Waals surface area contributed by atoms with Crippen LogP contribution in [0, 0.1) is 0 Å². The van der Waals surface area contributed by atoms with Crippen LogP contribution in [0.3, 0.4) is 0 Å². The maximum atomic E-state index is 11.2. The van der Waals surface area contributed by atoms with Crippen molar-refractivity contribution in [3.8, 4) is 0 Å². The third-order valence-corrected chi connectivity index (χ3v) is 4.79. The topological polar surface area (TPSA) is 35.5 Å². The smallest absolute Gasteiger partial charge is 0.332 e. The lowest BCUT2D eigenvalue weighted by Gasteiger charge is -2.14. The number of ether oxygens (including phenoxy) is 2. The lowest BCUT2D eigenvalue weighted by Crippen LogP contribution is -2.29. The molecular weight excluding hydrogens is 208 g/mol. The molecule has 0 amide bonds. The van der Waals surface area contributed by atoms with Gasteiger partial charge in [0.2, 0.25) is 0 Å². The van der Waals surface area contributed by atoms with Crippen LogP contribution in [0.4, 0.5) is 0 Å². The van der Waals surface area contributed by atoms with Gasteiger partial charge in [0.15, 0.2) is 0 Å². The van der Waals surface area contributed by atoms with Crippen LogP contribution in [-0.4, -0.2) is 33.8 Å². The highest BCUT2D eigenvalue weighted by Gasteiger charge is 2.13. The van der Waals surface area contributed by atoms with E-state index in [-0.39, 0.29) is 5.97 Å². The molecule has 15 heavy (non-hydrogen) atoms. The molecule has 0 saturated carbocycles. The minimum Gasteiger partial charge on any atom is -0.466 e. The van der Waals surface area contributed by atoms with Crippen LogP contribution < -0.4 is 0 Å². The Morgan fingerprint density at radius 1 is 1.33 bits per heavy atom. The second kappa shape index (κ2) is 8.68. The predicted molar refractivity (Wildman–Crippen MR) is 64.5 cm³/mol. The number of carbonyl (C=O) groups excluding carboxylic acids is 1. The predicted octanol–water partition coefficient (Wildman–Crippen LogP) is 1.86. The van der Waals surface area contributed by atoms with Crippen LogP contribution in [0.1, 0.15) is 27.2 Å². The quantitative estimate of drug-likeness (QED) is 0.363. The summed E-state index contributed by atoms with van der Waals surface area (Å²) in [6.45, 7) is 10.1. The monoisotopic (exact) mass is 230 g/mol. The Morgan fingerprint density at radius 2 is 2.00 bits per heavy atom. The Hall–Kier alpha value is -0.613. The summed E-state index contributed by atoms with van der Waals surface area (Å²) in [7, 11) is -1.06. The molecule has 4 heteroatoms. The van der Waals surface area contributed by atoms with E-state index in [4.69, 9.17) is 9.47 Å². The zero-order valence-corrected chi connectivity index (χ0v) is 11.2. The average molecular weight is 230 g/mol. The third-order valence-electron chi connectivity index (χ3n) is 2.05. The summed E-state index contributed by atoms with van der Waals surface area (Å²) >= 11 is 0. The number of carbonyl (C=O) groups is 1. The molecule has 88 valence electrons. The lowest BCUT2D eigenvalue weighted by atomic mass is 10.4. The lowest BCUT2D eigenvalue weighted by molar-refractivity contribution is -0.137. The summed E-state index contributed by atoms with van der Waals surface area (Å²) in [5.74, 6) is -0.278.